The number of likely N-dealkylation sites (tertiary alicyclic amines) is 1. The maximum Gasteiger partial charge on any atom is 0.401 e. The van der Waals surface area contributed by atoms with E-state index in [9.17, 15) is 13.2 Å². The number of rotatable bonds is 6. The van der Waals surface area contributed by atoms with Gasteiger partial charge in [-0.05, 0) is 39.0 Å². The van der Waals surface area contributed by atoms with Crippen LogP contribution in [-0.2, 0) is 0 Å². The Kier molecular flexibility index (Phi) is 10.2. The summed E-state index contributed by atoms with van der Waals surface area (Å²) in [5.74, 6) is 0.936. The Hall–Kier alpha value is 0.1000. The summed E-state index contributed by atoms with van der Waals surface area (Å²) in [5.41, 5.74) is 0. The first-order valence-corrected chi connectivity index (χ1v) is 8.66. The topological polar surface area (TPSA) is 39.7 Å². The molecule has 0 aliphatic carbocycles. The molecule has 1 aliphatic heterocycles. The van der Waals surface area contributed by atoms with Gasteiger partial charge in [0.15, 0.2) is 5.96 Å². The van der Waals surface area contributed by atoms with E-state index in [1.165, 1.54) is 4.90 Å². The number of guanidine groups is 1. The van der Waals surface area contributed by atoms with Crippen molar-refractivity contribution >= 4 is 41.7 Å². The molecule has 0 amide bonds. The highest BCUT2D eigenvalue weighted by Crippen LogP contribution is 2.22. The quantitative estimate of drug-likeness (QED) is 0.358. The average Bonchev–Trinajstić information content (AvgIpc) is 2.84. The predicted molar refractivity (Wildman–Crippen MR) is 103 cm³/mol. The molecule has 0 aromatic carbocycles. The van der Waals surface area contributed by atoms with Gasteiger partial charge in [-0.1, -0.05) is 0 Å². The van der Waals surface area contributed by atoms with Gasteiger partial charge in [0.1, 0.15) is 0 Å². The summed E-state index contributed by atoms with van der Waals surface area (Å²) in [6.07, 6.45) is -1.26. The van der Waals surface area contributed by atoms with E-state index in [4.69, 9.17) is 0 Å². The molecule has 23 heavy (non-hydrogen) atoms. The van der Waals surface area contributed by atoms with Crippen LogP contribution < -0.4 is 10.6 Å². The van der Waals surface area contributed by atoms with Gasteiger partial charge in [-0.3, -0.25) is 9.89 Å². The van der Waals surface area contributed by atoms with Gasteiger partial charge in [-0.2, -0.15) is 24.9 Å². The fourth-order valence-electron chi connectivity index (χ4n) is 2.31. The van der Waals surface area contributed by atoms with Crippen LogP contribution in [0.3, 0.4) is 0 Å². The molecule has 1 unspecified atom stereocenters. The van der Waals surface area contributed by atoms with Gasteiger partial charge in [-0.25, -0.2) is 0 Å². The Morgan fingerprint density at radius 3 is 2.48 bits per heavy atom. The first-order chi connectivity index (χ1) is 10.1. The molecule has 0 saturated carbocycles. The molecule has 0 spiro atoms. The highest BCUT2D eigenvalue weighted by Gasteiger charge is 2.34. The van der Waals surface area contributed by atoms with Gasteiger partial charge in [0.25, 0.3) is 0 Å². The molecular formula is C14H28F3IN4S. The first kappa shape index (κ1) is 23.1. The lowest BCUT2D eigenvalue weighted by Crippen LogP contribution is -2.45. The van der Waals surface area contributed by atoms with Crippen LogP contribution in [0.2, 0.25) is 0 Å². The monoisotopic (exact) mass is 468 g/mol. The molecule has 4 nitrogen and oxygen atoms in total. The molecule has 1 fully saturated rings. The third-order valence-corrected chi connectivity index (χ3v) is 5.04. The second-order valence-electron chi connectivity index (χ2n) is 6.28. The molecule has 1 aliphatic rings. The second kappa shape index (κ2) is 10.2. The van der Waals surface area contributed by atoms with Gasteiger partial charge in [0.2, 0.25) is 0 Å². The van der Waals surface area contributed by atoms with Crippen LogP contribution >= 0.6 is 35.7 Å². The molecular weight excluding hydrogens is 440 g/mol. The second-order valence-corrected chi connectivity index (χ2v) is 7.79. The van der Waals surface area contributed by atoms with Gasteiger partial charge in [-0.15, -0.1) is 24.0 Å². The Morgan fingerprint density at radius 2 is 1.96 bits per heavy atom. The van der Waals surface area contributed by atoms with Crippen molar-refractivity contribution in [1.82, 2.24) is 15.5 Å². The molecule has 0 aromatic rings. The fraction of sp³-hybridized carbons (Fsp3) is 0.929. The SMILES string of the molecule is CN=C(NCC1CCN(CC(F)(F)F)C1)NCC(C)(C)SC.I. The summed E-state index contributed by atoms with van der Waals surface area (Å²) in [5, 5.41) is 6.47. The van der Waals surface area contributed by atoms with Gasteiger partial charge < -0.3 is 10.6 Å². The molecule has 138 valence electrons. The lowest BCUT2D eigenvalue weighted by atomic mass is 10.1. The van der Waals surface area contributed by atoms with Crippen molar-refractivity contribution in [3.63, 3.8) is 0 Å². The van der Waals surface area contributed by atoms with E-state index >= 15 is 0 Å². The molecule has 0 radical (unpaired) electrons. The van der Waals surface area contributed by atoms with Crippen LogP contribution in [0.4, 0.5) is 13.2 Å². The van der Waals surface area contributed by atoms with Crippen LogP contribution in [0.15, 0.2) is 4.99 Å². The lowest BCUT2D eigenvalue weighted by molar-refractivity contribution is -0.143. The lowest BCUT2D eigenvalue weighted by Gasteiger charge is -2.24. The van der Waals surface area contributed by atoms with Gasteiger partial charge >= 0.3 is 6.18 Å². The predicted octanol–water partition coefficient (Wildman–Crippen LogP) is 2.80. The number of alkyl halides is 3. The number of thioether (sulfide) groups is 1. The number of halogens is 4. The maximum absolute atomic E-state index is 12.4. The standard InChI is InChI=1S/C14H27F3N4S.HI/c1-13(2,22-4)9-20-12(18-3)19-7-11-5-6-21(8-11)10-14(15,16)17;/h11H,5-10H2,1-4H3,(H2,18,19,20);1H. The smallest absolute Gasteiger partial charge is 0.356 e. The Balaban J connectivity index is 0.00000484. The summed E-state index contributed by atoms with van der Waals surface area (Å²) >= 11 is 1.77. The van der Waals surface area contributed by atoms with Crippen molar-refractivity contribution in [2.75, 3.05) is 46.0 Å². The number of hydrogen-bond acceptors (Lipinski definition) is 3. The van der Waals surface area contributed by atoms with E-state index in [-0.39, 0.29) is 34.6 Å². The summed E-state index contributed by atoms with van der Waals surface area (Å²) in [6, 6.07) is 0. The highest BCUT2D eigenvalue weighted by atomic mass is 127. The average molecular weight is 468 g/mol. The molecule has 1 heterocycles. The van der Waals surface area contributed by atoms with Gasteiger partial charge in [0.05, 0.1) is 6.54 Å². The van der Waals surface area contributed by atoms with E-state index in [1.54, 1.807) is 18.8 Å². The molecule has 0 bridgehead atoms. The van der Waals surface area contributed by atoms with E-state index in [0.29, 0.717) is 25.6 Å². The van der Waals surface area contributed by atoms with Crippen molar-refractivity contribution in [2.24, 2.45) is 10.9 Å². The number of hydrogen-bond donors (Lipinski definition) is 2. The van der Waals surface area contributed by atoms with E-state index in [2.05, 4.69) is 35.7 Å². The van der Waals surface area contributed by atoms with Crippen molar-refractivity contribution < 1.29 is 13.2 Å². The summed E-state index contributed by atoms with van der Waals surface area (Å²) in [6.45, 7) is 5.90. The minimum absolute atomic E-state index is 0. The summed E-state index contributed by atoms with van der Waals surface area (Å²) < 4.78 is 37.2. The highest BCUT2D eigenvalue weighted by molar-refractivity contribution is 14.0. The van der Waals surface area contributed by atoms with Crippen LogP contribution in [0.25, 0.3) is 0 Å². The summed E-state index contributed by atoms with van der Waals surface area (Å²) in [7, 11) is 1.70. The van der Waals surface area contributed by atoms with Crippen molar-refractivity contribution in [1.29, 1.82) is 0 Å². The minimum Gasteiger partial charge on any atom is -0.356 e. The third kappa shape index (κ3) is 9.85. The van der Waals surface area contributed by atoms with Crippen LogP contribution in [0.1, 0.15) is 20.3 Å². The van der Waals surface area contributed by atoms with E-state index in [0.717, 1.165) is 13.0 Å². The first-order valence-electron chi connectivity index (χ1n) is 7.44. The molecule has 1 saturated heterocycles. The molecule has 9 heteroatoms. The van der Waals surface area contributed by atoms with Crippen LogP contribution in [0, 0.1) is 5.92 Å². The van der Waals surface area contributed by atoms with E-state index < -0.39 is 12.7 Å². The Labute approximate surface area is 158 Å². The minimum atomic E-state index is -4.11. The van der Waals surface area contributed by atoms with Crippen molar-refractivity contribution in [3.8, 4) is 0 Å². The molecule has 2 N–H and O–H groups in total. The molecule has 1 rings (SSSR count). The number of nitrogens with one attached hydrogen (secondary N) is 2. The van der Waals surface area contributed by atoms with E-state index in [1.807, 2.05) is 0 Å². The van der Waals surface area contributed by atoms with Crippen molar-refractivity contribution in [3.05, 3.63) is 0 Å². The van der Waals surface area contributed by atoms with Crippen LogP contribution in [-0.4, -0.2) is 67.8 Å². The zero-order valence-corrected chi connectivity index (χ0v) is 17.3. The van der Waals surface area contributed by atoms with Crippen molar-refractivity contribution in [2.45, 2.75) is 31.2 Å². The molecule has 1 atom stereocenters. The Morgan fingerprint density at radius 1 is 1.30 bits per heavy atom. The normalized spacial score (nSPS) is 20.3. The largest absolute Gasteiger partial charge is 0.401 e. The fourth-order valence-corrected chi connectivity index (χ4v) is 2.52. The maximum atomic E-state index is 12.4. The van der Waals surface area contributed by atoms with Gasteiger partial charge in [0, 0.05) is 31.4 Å². The van der Waals surface area contributed by atoms with Crippen LogP contribution in [0.5, 0.6) is 0 Å². The molecule has 0 aromatic heterocycles. The number of aliphatic imine (C=N–C) groups is 1. The number of nitrogens with zero attached hydrogens (tertiary/aromatic N) is 2. The zero-order chi connectivity index (χ0) is 16.8. The zero-order valence-electron chi connectivity index (χ0n) is 14.2. The third-order valence-electron chi connectivity index (χ3n) is 3.79. The summed E-state index contributed by atoms with van der Waals surface area (Å²) in [4.78, 5) is 5.63. The Bertz CT molecular complexity index is 378.